The fraction of sp³-hybridized carbons (Fsp3) is 0.556. The fourth-order valence-corrected chi connectivity index (χ4v) is 3.48. The van der Waals surface area contributed by atoms with E-state index in [4.69, 9.17) is 0 Å². The number of thiazole rings is 1. The topological polar surface area (TPSA) is 76.1 Å². The van der Waals surface area contributed by atoms with Crippen LogP contribution in [-0.2, 0) is 14.8 Å². The zero-order chi connectivity index (χ0) is 12.3. The second-order valence-corrected chi connectivity index (χ2v) is 6.54. The number of ketones is 1. The highest BCUT2D eigenvalue weighted by molar-refractivity contribution is 7.91. The highest BCUT2D eigenvalue weighted by Crippen LogP contribution is 2.17. The molecule has 0 aromatic carbocycles. The molecule has 0 saturated heterocycles. The summed E-state index contributed by atoms with van der Waals surface area (Å²) in [5.74, 6) is -0.134. The van der Waals surface area contributed by atoms with Crippen LogP contribution in [0.15, 0.2) is 10.4 Å². The molecule has 5 nitrogen and oxygen atoms in total. The first-order valence-electron chi connectivity index (χ1n) is 4.84. The third-order valence-corrected chi connectivity index (χ3v) is 4.94. The van der Waals surface area contributed by atoms with Gasteiger partial charge in [-0.1, -0.05) is 6.92 Å². The summed E-state index contributed by atoms with van der Waals surface area (Å²) in [5.41, 5.74) is 0. The van der Waals surface area contributed by atoms with Crippen LogP contribution in [0.1, 0.15) is 25.3 Å². The standard InChI is InChI=1S/C9H14N2O3S2/c1-4-8(12)6(2)11-16(13,14)9-5-10-7(3)15-9/h5-6,11H,4H2,1-3H3. The van der Waals surface area contributed by atoms with Gasteiger partial charge < -0.3 is 0 Å². The SMILES string of the molecule is CCC(=O)C(C)NS(=O)(=O)c1cnc(C)s1. The maximum Gasteiger partial charge on any atom is 0.252 e. The highest BCUT2D eigenvalue weighted by atomic mass is 32.2. The van der Waals surface area contributed by atoms with Crippen LogP contribution in [0.25, 0.3) is 0 Å². The fourth-order valence-electron chi connectivity index (χ4n) is 1.13. The first-order chi connectivity index (χ1) is 7.36. The van der Waals surface area contributed by atoms with E-state index in [-0.39, 0.29) is 9.99 Å². The number of rotatable bonds is 5. The molecule has 0 aliphatic heterocycles. The molecule has 0 radical (unpaired) electrons. The molecule has 1 rings (SSSR count). The van der Waals surface area contributed by atoms with Gasteiger partial charge in [0.1, 0.15) is 5.78 Å². The van der Waals surface area contributed by atoms with E-state index in [0.717, 1.165) is 11.3 Å². The molecule has 1 unspecified atom stereocenters. The van der Waals surface area contributed by atoms with Crippen molar-refractivity contribution in [3.05, 3.63) is 11.2 Å². The monoisotopic (exact) mass is 262 g/mol. The van der Waals surface area contributed by atoms with Gasteiger partial charge in [-0.05, 0) is 13.8 Å². The van der Waals surface area contributed by atoms with Crippen LogP contribution >= 0.6 is 11.3 Å². The molecule has 1 N–H and O–H groups in total. The van der Waals surface area contributed by atoms with Crippen molar-refractivity contribution in [2.45, 2.75) is 37.4 Å². The summed E-state index contributed by atoms with van der Waals surface area (Å²) < 4.78 is 26.0. The first kappa shape index (κ1) is 13.3. The molecule has 0 aliphatic carbocycles. The summed E-state index contributed by atoms with van der Waals surface area (Å²) in [6.45, 7) is 4.96. The lowest BCUT2D eigenvalue weighted by Gasteiger charge is -2.10. The highest BCUT2D eigenvalue weighted by Gasteiger charge is 2.22. The van der Waals surface area contributed by atoms with Crippen LogP contribution in [0.3, 0.4) is 0 Å². The second-order valence-electron chi connectivity index (χ2n) is 3.36. The Balaban J connectivity index is 2.84. The molecule has 7 heteroatoms. The van der Waals surface area contributed by atoms with Crippen molar-refractivity contribution in [1.29, 1.82) is 0 Å². The van der Waals surface area contributed by atoms with E-state index < -0.39 is 16.1 Å². The largest absolute Gasteiger partial charge is 0.298 e. The number of carbonyl (C=O) groups excluding carboxylic acids is 1. The lowest BCUT2D eigenvalue weighted by Crippen LogP contribution is -2.37. The minimum absolute atomic E-state index is 0.134. The van der Waals surface area contributed by atoms with Crippen molar-refractivity contribution in [3.8, 4) is 0 Å². The molecular weight excluding hydrogens is 248 g/mol. The molecule has 0 saturated carbocycles. The molecule has 0 bridgehead atoms. The van der Waals surface area contributed by atoms with Crippen molar-refractivity contribution in [3.63, 3.8) is 0 Å². The zero-order valence-electron chi connectivity index (χ0n) is 9.35. The predicted octanol–water partition coefficient (Wildman–Crippen LogP) is 1.10. The van der Waals surface area contributed by atoms with Crippen molar-refractivity contribution in [1.82, 2.24) is 9.71 Å². The normalized spacial score (nSPS) is 13.7. The third-order valence-electron chi connectivity index (χ3n) is 2.03. The van der Waals surface area contributed by atoms with Gasteiger partial charge in [0.05, 0.1) is 17.2 Å². The first-order valence-corrected chi connectivity index (χ1v) is 7.14. The van der Waals surface area contributed by atoms with E-state index in [9.17, 15) is 13.2 Å². The predicted molar refractivity (Wildman–Crippen MR) is 61.9 cm³/mol. The van der Waals surface area contributed by atoms with Gasteiger partial charge in [-0.2, -0.15) is 0 Å². The molecule has 90 valence electrons. The van der Waals surface area contributed by atoms with E-state index in [1.807, 2.05) is 0 Å². The smallest absolute Gasteiger partial charge is 0.252 e. The van der Waals surface area contributed by atoms with Crippen molar-refractivity contribution in [2.24, 2.45) is 0 Å². The van der Waals surface area contributed by atoms with Crippen LogP contribution in [0.5, 0.6) is 0 Å². The second kappa shape index (κ2) is 5.03. The van der Waals surface area contributed by atoms with Crippen LogP contribution in [-0.4, -0.2) is 25.2 Å². The van der Waals surface area contributed by atoms with E-state index in [1.54, 1.807) is 13.8 Å². The zero-order valence-corrected chi connectivity index (χ0v) is 11.0. The molecule has 1 heterocycles. The van der Waals surface area contributed by atoms with Gasteiger partial charge in [0.2, 0.25) is 0 Å². The Morgan fingerprint density at radius 1 is 1.62 bits per heavy atom. The number of carbonyl (C=O) groups is 1. The van der Waals surface area contributed by atoms with Gasteiger partial charge in [-0.15, -0.1) is 11.3 Å². The summed E-state index contributed by atoms with van der Waals surface area (Å²) in [6.07, 6.45) is 1.61. The van der Waals surface area contributed by atoms with E-state index in [2.05, 4.69) is 9.71 Å². The van der Waals surface area contributed by atoms with Crippen LogP contribution < -0.4 is 4.72 Å². The molecule has 16 heavy (non-hydrogen) atoms. The Labute approximate surface area is 99.0 Å². The van der Waals surface area contributed by atoms with E-state index in [0.29, 0.717) is 11.4 Å². The average molecular weight is 262 g/mol. The molecular formula is C9H14N2O3S2. The number of sulfonamides is 1. The molecule has 1 atom stereocenters. The molecule has 1 aromatic rings. The summed E-state index contributed by atoms with van der Waals surface area (Å²) >= 11 is 1.08. The maximum atomic E-state index is 11.8. The number of aromatic nitrogens is 1. The summed E-state index contributed by atoms with van der Waals surface area (Å²) in [6, 6.07) is -0.697. The summed E-state index contributed by atoms with van der Waals surface area (Å²) in [5, 5.41) is 0.676. The van der Waals surface area contributed by atoms with Gasteiger partial charge >= 0.3 is 0 Å². The van der Waals surface area contributed by atoms with Crippen molar-refractivity contribution >= 4 is 27.1 Å². The van der Waals surface area contributed by atoms with Gasteiger partial charge in [-0.25, -0.2) is 18.1 Å². The minimum atomic E-state index is -3.61. The average Bonchev–Trinajstić information content (AvgIpc) is 2.63. The lowest BCUT2D eigenvalue weighted by molar-refractivity contribution is -0.119. The number of Topliss-reactive ketones (excluding diaryl/α,β-unsaturated/α-hetero) is 1. The summed E-state index contributed by atoms with van der Waals surface area (Å²) in [7, 11) is -3.61. The Morgan fingerprint density at radius 3 is 2.69 bits per heavy atom. The van der Waals surface area contributed by atoms with E-state index >= 15 is 0 Å². The molecule has 0 aliphatic rings. The van der Waals surface area contributed by atoms with Crippen molar-refractivity contribution < 1.29 is 13.2 Å². The maximum absolute atomic E-state index is 11.8. The molecule has 0 spiro atoms. The Hall–Kier alpha value is -0.790. The third kappa shape index (κ3) is 3.10. The van der Waals surface area contributed by atoms with Gasteiger partial charge in [-0.3, -0.25) is 4.79 Å². The van der Waals surface area contributed by atoms with Crippen LogP contribution in [0, 0.1) is 6.92 Å². The number of nitrogens with one attached hydrogen (secondary N) is 1. The Kier molecular flexibility index (Phi) is 4.17. The quantitative estimate of drug-likeness (QED) is 0.862. The van der Waals surface area contributed by atoms with Gasteiger partial charge in [0.25, 0.3) is 10.0 Å². The van der Waals surface area contributed by atoms with E-state index in [1.165, 1.54) is 13.1 Å². The minimum Gasteiger partial charge on any atom is -0.298 e. The van der Waals surface area contributed by atoms with Crippen molar-refractivity contribution in [2.75, 3.05) is 0 Å². The van der Waals surface area contributed by atoms with Gasteiger partial charge in [0, 0.05) is 6.42 Å². The number of nitrogens with zero attached hydrogens (tertiary/aromatic N) is 1. The number of hydrogen-bond donors (Lipinski definition) is 1. The molecule has 1 aromatic heterocycles. The summed E-state index contributed by atoms with van der Waals surface area (Å²) in [4.78, 5) is 15.2. The Morgan fingerprint density at radius 2 is 2.25 bits per heavy atom. The number of hydrogen-bond acceptors (Lipinski definition) is 5. The molecule has 0 fully saturated rings. The van der Waals surface area contributed by atoms with Gasteiger partial charge in [0.15, 0.2) is 4.21 Å². The number of aryl methyl sites for hydroxylation is 1. The van der Waals surface area contributed by atoms with Crippen LogP contribution in [0.4, 0.5) is 0 Å². The lowest BCUT2D eigenvalue weighted by atomic mass is 10.2. The molecule has 0 amide bonds. The van der Waals surface area contributed by atoms with Crippen LogP contribution in [0.2, 0.25) is 0 Å². The Bertz CT molecular complexity index is 479.